The first-order valence-corrected chi connectivity index (χ1v) is 6.90. The Kier molecular flexibility index (Phi) is 5.05. The van der Waals surface area contributed by atoms with E-state index in [0.29, 0.717) is 24.8 Å². The Morgan fingerprint density at radius 3 is 2.67 bits per heavy atom. The number of aliphatic carboxylic acids is 1. The highest BCUT2D eigenvalue weighted by molar-refractivity contribution is 5.66. The molecule has 0 atom stereocenters. The molecule has 0 fully saturated rings. The molecule has 0 aliphatic rings. The number of nitrogens with zero attached hydrogens (tertiary/aromatic N) is 3. The largest absolute Gasteiger partial charge is 0.481 e. The average Bonchev–Trinajstić information content (AvgIpc) is 2.92. The van der Waals surface area contributed by atoms with Crippen molar-refractivity contribution >= 4 is 5.97 Å². The van der Waals surface area contributed by atoms with Crippen LogP contribution in [0.2, 0.25) is 0 Å². The zero-order chi connectivity index (χ0) is 15.2. The first kappa shape index (κ1) is 15.2. The van der Waals surface area contributed by atoms with E-state index in [1.165, 1.54) is 0 Å². The topological polar surface area (TPSA) is 79.5 Å². The van der Waals surface area contributed by atoms with Crippen molar-refractivity contribution in [2.24, 2.45) is 0 Å². The van der Waals surface area contributed by atoms with Gasteiger partial charge in [-0.2, -0.15) is 4.98 Å². The van der Waals surface area contributed by atoms with Gasteiger partial charge in [-0.05, 0) is 13.8 Å². The normalized spacial score (nSPS) is 11.2. The highest BCUT2D eigenvalue weighted by Crippen LogP contribution is 2.16. The zero-order valence-electron chi connectivity index (χ0n) is 12.2. The summed E-state index contributed by atoms with van der Waals surface area (Å²) in [6, 6.07) is 9.80. The quantitative estimate of drug-likeness (QED) is 0.843. The summed E-state index contributed by atoms with van der Waals surface area (Å²) in [5.74, 6) is 0.233. The van der Waals surface area contributed by atoms with E-state index in [1.807, 2.05) is 49.1 Å². The molecule has 0 aliphatic heterocycles. The Morgan fingerprint density at radius 1 is 1.33 bits per heavy atom. The number of hydrogen-bond donors (Lipinski definition) is 1. The third-order valence-electron chi connectivity index (χ3n) is 3.18. The van der Waals surface area contributed by atoms with Gasteiger partial charge in [0.2, 0.25) is 11.7 Å². The summed E-state index contributed by atoms with van der Waals surface area (Å²) in [7, 11) is 0. The summed E-state index contributed by atoms with van der Waals surface area (Å²) >= 11 is 0. The Bertz CT molecular complexity index is 581. The fourth-order valence-corrected chi connectivity index (χ4v) is 1.96. The smallest absolute Gasteiger partial charge is 0.304 e. The molecule has 0 bridgehead atoms. The van der Waals surface area contributed by atoms with Crippen LogP contribution in [0.1, 0.15) is 26.2 Å². The standard InChI is InChI=1S/C15H19N3O3/c1-11(2)18(9-8-14(19)20)10-13-16-15(17-21-13)12-6-4-3-5-7-12/h3-7,11H,8-10H2,1-2H3,(H,19,20). The van der Waals surface area contributed by atoms with Crippen LogP contribution in [-0.2, 0) is 11.3 Å². The third-order valence-corrected chi connectivity index (χ3v) is 3.18. The van der Waals surface area contributed by atoms with Gasteiger partial charge in [0, 0.05) is 18.2 Å². The van der Waals surface area contributed by atoms with Gasteiger partial charge in [0.15, 0.2) is 0 Å². The van der Waals surface area contributed by atoms with Crippen molar-refractivity contribution in [3.8, 4) is 11.4 Å². The van der Waals surface area contributed by atoms with E-state index < -0.39 is 5.97 Å². The first-order valence-electron chi connectivity index (χ1n) is 6.90. The van der Waals surface area contributed by atoms with Gasteiger partial charge in [-0.25, -0.2) is 0 Å². The minimum absolute atomic E-state index is 0.0951. The Morgan fingerprint density at radius 2 is 2.05 bits per heavy atom. The fraction of sp³-hybridized carbons (Fsp3) is 0.400. The lowest BCUT2D eigenvalue weighted by Crippen LogP contribution is -2.32. The van der Waals surface area contributed by atoms with Gasteiger partial charge in [-0.15, -0.1) is 0 Å². The molecular weight excluding hydrogens is 270 g/mol. The van der Waals surface area contributed by atoms with Crippen molar-refractivity contribution < 1.29 is 14.4 Å². The van der Waals surface area contributed by atoms with Crippen LogP contribution < -0.4 is 0 Å². The lowest BCUT2D eigenvalue weighted by molar-refractivity contribution is -0.137. The van der Waals surface area contributed by atoms with Crippen LogP contribution in [-0.4, -0.2) is 38.7 Å². The molecule has 0 spiro atoms. The average molecular weight is 289 g/mol. The molecule has 2 rings (SSSR count). The van der Waals surface area contributed by atoms with E-state index in [2.05, 4.69) is 10.1 Å². The predicted molar refractivity (Wildman–Crippen MR) is 77.5 cm³/mol. The van der Waals surface area contributed by atoms with Crippen LogP contribution >= 0.6 is 0 Å². The summed E-state index contributed by atoms with van der Waals surface area (Å²) in [6.45, 7) is 4.92. The maximum absolute atomic E-state index is 10.7. The van der Waals surface area contributed by atoms with E-state index in [-0.39, 0.29) is 12.5 Å². The van der Waals surface area contributed by atoms with Crippen LogP contribution in [0.5, 0.6) is 0 Å². The number of rotatable bonds is 7. The number of aromatic nitrogens is 2. The van der Waals surface area contributed by atoms with Crippen LogP contribution in [0.15, 0.2) is 34.9 Å². The van der Waals surface area contributed by atoms with Crippen molar-refractivity contribution in [3.63, 3.8) is 0 Å². The second-order valence-corrected chi connectivity index (χ2v) is 5.09. The fourth-order valence-electron chi connectivity index (χ4n) is 1.96. The molecular formula is C15H19N3O3. The van der Waals surface area contributed by atoms with E-state index in [0.717, 1.165) is 5.56 Å². The van der Waals surface area contributed by atoms with Gasteiger partial charge in [-0.3, -0.25) is 9.69 Å². The van der Waals surface area contributed by atoms with Gasteiger partial charge in [0.1, 0.15) is 0 Å². The lowest BCUT2D eigenvalue weighted by atomic mass is 10.2. The Labute approximate surface area is 123 Å². The number of benzene rings is 1. The summed E-state index contributed by atoms with van der Waals surface area (Å²) in [5, 5.41) is 12.7. The third kappa shape index (κ3) is 4.39. The Balaban J connectivity index is 2.04. The minimum Gasteiger partial charge on any atom is -0.481 e. The van der Waals surface area contributed by atoms with E-state index in [9.17, 15) is 4.79 Å². The number of hydrogen-bond acceptors (Lipinski definition) is 5. The summed E-state index contributed by atoms with van der Waals surface area (Å²) in [5.41, 5.74) is 0.897. The molecule has 0 amide bonds. The van der Waals surface area contributed by atoms with Gasteiger partial charge >= 0.3 is 5.97 Å². The molecule has 0 radical (unpaired) electrons. The number of carboxylic acids is 1. The molecule has 1 heterocycles. The highest BCUT2D eigenvalue weighted by atomic mass is 16.5. The van der Waals surface area contributed by atoms with E-state index >= 15 is 0 Å². The molecule has 0 unspecified atom stereocenters. The molecule has 0 saturated heterocycles. The minimum atomic E-state index is -0.809. The van der Waals surface area contributed by atoms with Crippen LogP contribution in [0.3, 0.4) is 0 Å². The molecule has 21 heavy (non-hydrogen) atoms. The molecule has 1 aromatic heterocycles. The second kappa shape index (κ2) is 6.99. The van der Waals surface area contributed by atoms with Crippen LogP contribution in [0.4, 0.5) is 0 Å². The molecule has 2 aromatic rings. The molecule has 1 aromatic carbocycles. The number of carboxylic acid groups (broad SMARTS) is 1. The molecule has 0 saturated carbocycles. The van der Waals surface area contributed by atoms with Gasteiger partial charge in [-0.1, -0.05) is 35.5 Å². The van der Waals surface area contributed by atoms with Gasteiger partial charge in [0.05, 0.1) is 13.0 Å². The zero-order valence-corrected chi connectivity index (χ0v) is 12.2. The van der Waals surface area contributed by atoms with Crippen molar-refractivity contribution in [2.75, 3.05) is 6.54 Å². The summed E-state index contributed by atoms with van der Waals surface area (Å²) in [6.07, 6.45) is 0.0951. The number of carbonyl (C=O) groups is 1. The summed E-state index contributed by atoms with van der Waals surface area (Å²) in [4.78, 5) is 17.0. The van der Waals surface area contributed by atoms with Crippen LogP contribution in [0, 0.1) is 0 Å². The predicted octanol–water partition coefficient (Wildman–Crippen LogP) is 2.42. The van der Waals surface area contributed by atoms with Crippen molar-refractivity contribution in [2.45, 2.75) is 32.9 Å². The molecule has 0 aliphatic carbocycles. The molecule has 1 N–H and O–H groups in total. The highest BCUT2D eigenvalue weighted by Gasteiger charge is 2.16. The van der Waals surface area contributed by atoms with Crippen LogP contribution in [0.25, 0.3) is 11.4 Å². The molecule has 112 valence electrons. The molecule has 6 nitrogen and oxygen atoms in total. The first-order chi connectivity index (χ1) is 10.1. The van der Waals surface area contributed by atoms with Crippen molar-refractivity contribution in [1.29, 1.82) is 0 Å². The summed E-state index contributed by atoms with van der Waals surface area (Å²) < 4.78 is 5.26. The Hall–Kier alpha value is -2.21. The van der Waals surface area contributed by atoms with E-state index in [1.54, 1.807) is 0 Å². The maximum atomic E-state index is 10.7. The lowest BCUT2D eigenvalue weighted by Gasteiger charge is -2.23. The molecule has 6 heteroatoms. The van der Waals surface area contributed by atoms with Crippen molar-refractivity contribution in [3.05, 3.63) is 36.2 Å². The van der Waals surface area contributed by atoms with Crippen molar-refractivity contribution in [1.82, 2.24) is 15.0 Å². The van der Waals surface area contributed by atoms with Gasteiger partial charge < -0.3 is 9.63 Å². The van der Waals surface area contributed by atoms with Gasteiger partial charge in [0.25, 0.3) is 0 Å². The maximum Gasteiger partial charge on any atom is 0.304 e. The second-order valence-electron chi connectivity index (χ2n) is 5.09. The SMILES string of the molecule is CC(C)N(CCC(=O)O)Cc1nc(-c2ccccc2)no1. The van der Waals surface area contributed by atoms with E-state index in [4.69, 9.17) is 9.63 Å². The monoisotopic (exact) mass is 289 g/mol.